The SMILES string of the molecule is COc1cc(C)c(C)cc1S(=O)(=O)Nc1ccc(Nc2cc(C)on2)nn1. The molecule has 0 aliphatic carbocycles. The number of hydrogen-bond acceptors (Lipinski definition) is 8. The van der Waals surface area contributed by atoms with E-state index in [-0.39, 0.29) is 16.5 Å². The first-order valence-corrected chi connectivity index (χ1v) is 9.49. The van der Waals surface area contributed by atoms with Crippen molar-refractivity contribution in [2.75, 3.05) is 17.1 Å². The predicted molar refractivity (Wildman–Crippen MR) is 99.8 cm³/mol. The second kappa shape index (κ2) is 7.23. The van der Waals surface area contributed by atoms with Gasteiger partial charge in [0.1, 0.15) is 16.4 Å². The van der Waals surface area contributed by atoms with Gasteiger partial charge in [0.2, 0.25) is 0 Å². The smallest absolute Gasteiger partial charge is 0.266 e. The van der Waals surface area contributed by atoms with Crippen molar-refractivity contribution in [3.8, 4) is 5.75 Å². The number of benzene rings is 1. The fourth-order valence-corrected chi connectivity index (χ4v) is 3.57. The van der Waals surface area contributed by atoms with E-state index < -0.39 is 10.0 Å². The highest BCUT2D eigenvalue weighted by molar-refractivity contribution is 7.92. The summed E-state index contributed by atoms with van der Waals surface area (Å²) in [5.41, 5.74) is 1.77. The summed E-state index contributed by atoms with van der Waals surface area (Å²) >= 11 is 0. The average molecular weight is 389 g/mol. The van der Waals surface area contributed by atoms with Crippen LogP contribution in [0.25, 0.3) is 0 Å². The normalized spacial score (nSPS) is 11.3. The molecule has 0 radical (unpaired) electrons. The fraction of sp³-hybridized carbons (Fsp3) is 0.235. The van der Waals surface area contributed by atoms with Crippen LogP contribution >= 0.6 is 0 Å². The number of anilines is 3. The van der Waals surface area contributed by atoms with Crippen molar-refractivity contribution in [2.45, 2.75) is 25.7 Å². The molecule has 0 bridgehead atoms. The van der Waals surface area contributed by atoms with Crippen molar-refractivity contribution in [1.82, 2.24) is 15.4 Å². The molecule has 0 amide bonds. The van der Waals surface area contributed by atoms with E-state index in [1.165, 1.54) is 13.2 Å². The highest BCUT2D eigenvalue weighted by Gasteiger charge is 2.21. The number of methoxy groups -OCH3 is 1. The quantitative estimate of drug-likeness (QED) is 0.660. The molecular weight excluding hydrogens is 370 g/mol. The Morgan fingerprint density at radius 2 is 1.63 bits per heavy atom. The highest BCUT2D eigenvalue weighted by Crippen LogP contribution is 2.28. The van der Waals surface area contributed by atoms with Crippen LogP contribution in [-0.2, 0) is 10.0 Å². The molecule has 0 unspecified atom stereocenters. The molecule has 27 heavy (non-hydrogen) atoms. The molecule has 3 rings (SSSR count). The molecule has 2 aromatic heterocycles. The van der Waals surface area contributed by atoms with Gasteiger partial charge in [-0.15, -0.1) is 10.2 Å². The minimum atomic E-state index is -3.89. The first kappa shape index (κ1) is 18.6. The summed E-state index contributed by atoms with van der Waals surface area (Å²) in [4.78, 5) is 0.0372. The molecule has 0 aliphatic rings. The Morgan fingerprint density at radius 3 is 2.22 bits per heavy atom. The minimum Gasteiger partial charge on any atom is -0.495 e. The Labute approximate surface area is 156 Å². The van der Waals surface area contributed by atoms with E-state index in [9.17, 15) is 8.42 Å². The fourth-order valence-electron chi connectivity index (χ4n) is 2.34. The summed E-state index contributed by atoms with van der Waals surface area (Å²) in [6, 6.07) is 8.01. The number of rotatable bonds is 6. The van der Waals surface area contributed by atoms with Gasteiger partial charge in [-0.3, -0.25) is 4.72 Å². The van der Waals surface area contributed by atoms with E-state index in [0.717, 1.165) is 11.1 Å². The Balaban J connectivity index is 1.81. The lowest BCUT2D eigenvalue weighted by molar-refractivity contribution is 0.400. The van der Waals surface area contributed by atoms with Crippen LogP contribution in [0.4, 0.5) is 17.5 Å². The zero-order valence-electron chi connectivity index (χ0n) is 15.3. The number of hydrogen-bond donors (Lipinski definition) is 2. The Morgan fingerprint density at radius 1 is 0.963 bits per heavy atom. The van der Waals surface area contributed by atoms with Crippen molar-refractivity contribution in [3.63, 3.8) is 0 Å². The van der Waals surface area contributed by atoms with Crippen molar-refractivity contribution >= 4 is 27.5 Å². The van der Waals surface area contributed by atoms with Crippen molar-refractivity contribution in [2.24, 2.45) is 0 Å². The summed E-state index contributed by atoms with van der Waals surface area (Å²) in [6.45, 7) is 5.48. The molecule has 1 aromatic carbocycles. The predicted octanol–water partition coefficient (Wildman–Crippen LogP) is 2.94. The van der Waals surface area contributed by atoms with Gasteiger partial charge >= 0.3 is 0 Å². The van der Waals surface area contributed by atoms with E-state index in [0.29, 0.717) is 17.4 Å². The van der Waals surface area contributed by atoms with Crippen LogP contribution in [0.2, 0.25) is 0 Å². The zero-order chi connectivity index (χ0) is 19.6. The van der Waals surface area contributed by atoms with Gasteiger partial charge in [-0.25, -0.2) is 8.42 Å². The molecule has 2 N–H and O–H groups in total. The van der Waals surface area contributed by atoms with Gasteiger partial charge in [0.25, 0.3) is 10.0 Å². The number of ether oxygens (including phenoxy) is 1. The van der Waals surface area contributed by atoms with Crippen LogP contribution in [-0.4, -0.2) is 30.9 Å². The molecule has 0 spiro atoms. The highest BCUT2D eigenvalue weighted by atomic mass is 32.2. The van der Waals surface area contributed by atoms with Gasteiger partial charge in [0, 0.05) is 6.07 Å². The Kier molecular flexibility index (Phi) is 5.00. The zero-order valence-corrected chi connectivity index (χ0v) is 16.1. The topological polar surface area (TPSA) is 119 Å². The number of aryl methyl sites for hydroxylation is 3. The lowest BCUT2D eigenvalue weighted by Gasteiger charge is -2.13. The summed E-state index contributed by atoms with van der Waals surface area (Å²) < 4.78 is 38.0. The van der Waals surface area contributed by atoms with Gasteiger partial charge < -0.3 is 14.6 Å². The molecule has 3 aromatic rings. The molecule has 9 nitrogen and oxygen atoms in total. The first-order valence-electron chi connectivity index (χ1n) is 8.00. The molecule has 0 fully saturated rings. The minimum absolute atomic E-state index is 0.0372. The maximum Gasteiger partial charge on any atom is 0.266 e. The van der Waals surface area contributed by atoms with Gasteiger partial charge in [-0.1, -0.05) is 5.16 Å². The average Bonchev–Trinajstić information content (AvgIpc) is 3.03. The van der Waals surface area contributed by atoms with E-state index in [2.05, 4.69) is 25.4 Å². The number of aromatic nitrogens is 3. The molecule has 0 saturated heterocycles. The standard InChI is InChI=1S/C17H19N5O4S/c1-10-7-13(25-4)14(8-11(10)2)27(23,24)22-16-6-5-15(19-20-16)18-17-9-12(3)26-21-17/h5-9H,1-4H3,(H,20,22)(H,18,19,21). The summed E-state index contributed by atoms with van der Waals surface area (Å²) in [6.07, 6.45) is 0. The molecule has 2 heterocycles. The van der Waals surface area contributed by atoms with Crippen LogP contribution in [0.3, 0.4) is 0 Å². The van der Waals surface area contributed by atoms with Gasteiger partial charge in [-0.2, -0.15) is 0 Å². The number of nitrogens with one attached hydrogen (secondary N) is 2. The van der Waals surface area contributed by atoms with Gasteiger partial charge in [0.05, 0.1) is 7.11 Å². The number of sulfonamides is 1. The molecular formula is C17H19N5O4S. The van der Waals surface area contributed by atoms with Crippen LogP contribution in [0, 0.1) is 20.8 Å². The lowest BCUT2D eigenvalue weighted by Crippen LogP contribution is -2.16. The van der Waals surface area contributed by atoms with Crippen LogP contribution in [0.1, 0.15) is 16.9 Å². The molecule has 0 aliphatic heterocycles. The monoisotopic (exact) mass is 389 g/mol. The van der Waals surface area contributed by atoms with Crippen molar-refractivity contribution in [3.05, 3.63) is 47.2 Å². The third kappa shape index (κ3) is 4.17. The van der Waals surface area contributed by atoms with Crippen molar-refractivity contribution < 1.29 is 17.7 Å². The molecule has 0 saturated carbocycles. The molecule has 0 atom stereocenters. The Bertz CT molecular complexity index is 1060. The van der Waals surface area contributed by atoms with Crippen molar-refractivity contribution in [1.29, 1.82) is 0 Å². The maximum absolute atomic E-state index is 12.7. The summed E-state index contributed by atoms with van der Waals surface area (Å²) in [5, 5.41) is 14.5. The van der Waals surface area contributed by atoms with Crippen LogP contribution < -0.4 is 14.8 Å². The third-order valence-corrected chi connectivity index (χ3v) is 5.23. The van der Waals surface area contributed by atoms with Crippen LogP contribution in [0.15, 0.2) is 39.8 Å². The summed E-state index contributed by atoms with van der Waals surface area (Å²) in [7, 11) is -2.46. The largest absolute Gasteiger partial charge is 0.495 e. The van der Waals surface area contributed by atoms with Gasteiger partial charge in [-0.05, 0) is 56.2 Å². The maximum atomic E-state index is 12.7. The van der Waals surface area contributed by atoms with Crippen LogP contribution in [0.5, 0.6) is 5.75 Å². The third-order valence-electron chi connectivity index (χ3n) is 3.86. The Hall–Kier alpha value is -3.14. The van der Waals surface area contributed by atoms with E-state index in [1.807, 2.05) is 13.8 Å². The second-order valence-corrected chi connectivity index (χ2v) is 7.60. The van der Waals surface area contributed by atoms with E-state index in [1.54, 1.807) is 31.2 Å². The second-order valence-electron chi connectivity index (χ2n) is 5.94. The van der Waals surface area contributed by atoms with E-state index in [4.69, 9.17) is 9.26 Å². The lowest BCUT2D eigenvalue weighted by atomic mass is 10.1. The summed E-state index contributed by atoms with van der Waals surface area (Å²) in [5.74, 6) is 1.87. The van der Waals surface area contributed by atoms with E-state index >= 15 is 0 Å². The number of nitrogens with zero attached hydrogens (tertiary/aromatic N) is 3. The first-order chi connectivity index (χ1) is 12.8. The van der Waals surface area contributed by atoms with Gasteiger partial charge in [0.15, 0.2) is 17.5 Å². The molecule has 142 valence electrons. The molecule has 10 heteroatoms.